The summed E-state index contributed by atoms with van der Waals surface area (Å²) in [6.45, 7) is 4.12. The summed E-state index contributed by atoms with van der Waals surface area (Å²) in [5.41, 5.74) is 3.77. The van der Waals surface area contributed by atoms with Crippen LogP contribution in [0.25, 0.3) is 10.3 Å². The highest BCUT2D eigenvalue weighted by Gasteiger charge is 2.05. The molecular formula is C9H11N3S. The van der Waals surface area contributed by atoms with Crippen LogP contribution in [0.1, 0.15) is 24.9 Å². The Hall–Kier alpha value is -1.03. The van der Waals surface area contributed by atoms with Gasteiger partial charge in [-0.3, -0.25) is 0 Å². The number of hydrogen-bond donors (Lipinski definition) is 0. The van der Waals surface area contributed by atoms with E-state index in [1.807, 2.05) is 12.4 Å². The summed E-state index contributed by atoms with van der Waals surface area (Å²) in [6, 6.07) is 0. The summed E-state index contributed by atoms with van der Waals surface area (Å²) < 4.78 is 0. The maximum Gasteiger partial charge on any atom is 0.147 e. The van der Waals surface area contributed by atoms with E-state index in [9.17, 15) is 0 Å². The maximum absolute atomic E-state index is 4.43. The van der Waals surface area contributed by atoms with Crippen molar-refractivity contribution in [1.82, 2.24) is 15.0 Å². The largest absolute Gasteiger partial charge is 0.241 e. The van der Waals surface area contributed by atoms with Crippen LogP contribution < -0.4 is 0 Å². The third-order valence-electron chi connectivity index (χ3n) is 1.89. The van der Waals surface area contributed by atoms with Gasteiger partial charge in [-0.1, -0.05) is 6.92 Å². The zero-order valence-electron chi connectivity index (χ0n) is 7.74. The average molecular weight is 193 g/mol. The molecule has 0 aliphatic rings. The second kappa shape index (κ2) is 3.38. The van der Waals surface area contributed by atoms with Gasteiger partial charge in [-0.05, 0) is 13.3 Å². The Morgan fingerprint density at radius 2 is 2.23 bits per heavy atom. The van der Waals surface area contributed by atoms with Crippen LogP contribution in [0.5, 0.6) is 0 Å². The van der Waals surface area contributed by atoms with Crippen molar-refractivity contribution >= 4 is 21.7 Å². The molecule has 2 heterocycles. The molecule has 0 aromatic carbocycles. The Bertz CT molecular complexity index is 422. The molecule has 0 fully saturated rings. The molecule has 0 amide bonds. The Labute approximate surface area is 80.9 Å². The van der Waals surface area contributed by atoms with E-state index in [2.05, 4.69) is 21.9 Å². The Kier molecular flexibility index (Phi) is 2.22. The van der Waals surface area contributed by atoms with Gasteiger partial charge in [0.25, 0.3) is 0 Å². The molecule has 0 N–H and O–H groups in total. The lowest BCUT2D eigenvalue weighted by Gasteiger charge is -1.98. The van der Waals surface area contributed by atoms with E-state index in [4.69, 9.17) is 0 Å². The predicted molar refractivity (Wildman–Crippen MR) is 53.9 cm³/mol. The summed E-state index contributed by atoms with van der Waals surface area (Å²) in [7, 11) is 0. The van der Waals surface area contributed by atoms with Gasteiger partial charge in [-0.15, -0.1) is 11.3 Å². The van der Waals surface area contributed by atoms with Gasteiger partial charge >= 0.3 is 0 Å². The normalized spacial score (nSPS) is 10.9. The number of thiazole rings is 1. The van der Waals surface area contributed by atoms with Crippen molar-refractivity contribution in [2.24, 2.45) is 0 Å². The maximum atomic E-state index is 4.43. The highest BCUT2D eigenvalue weighted by molar-refractivity contribution is 7.16. The molecule has 2 rings (SSSR count). The van der Waals surface area contributed by atoms with Gasteiger partial charge in [-0.2, -0.15) is 0 Å². The van der Waals surface area contributed by atoms with Gasteiger partial charge in [0, 0.05) is 6.42 Å². The highest BCUT2D eigenvalue weighted by atomic mass is 32.1. The van der Waals surface area contributed by atoms with E-state index in [1.165, 1.54) is 0 Å². The molecule has 0 saturated carbocycles. The van der Waals surface area contributed by atoms with E-state index in [0.29, 0.717) is 0 Å². The molecule has 0 aliphatic heterocycles. The van der Waals surface area contributed by atoms with Crippen LogP contribution in [-0.4, -0.2) is 15.0 Å². The van der Waals surface area contributed by atoms with Crippen molar-refractivity contribution in [3.05, 3.63) is 17.0 Å². The number of hydrogen-bond acceptors (Lipinski definition) is 4. The molecule has 2 aromatic heterocycles. The van der Waals surface area contributed by atoms with Gasteiger partial charge in [0.1, 0.15) is 16.2 Å². The summed E-state index contributed by atoms with van der Waals surface area (Å²) in [5, 5.41) is 0. The minimum atomic E-state index is 0.941. The summed E-state index contributed by atoms with van der Waals surface area (Å²) >= 11 is 1.58. The second-order valence-electron chi connectivity index (χ2n) is 2.98. The van der Waals surface area contributed by atoms with Crippen molar-refractivity contribution in [3.8, 4) is 0 Å². The van der Waals surface area contributed by atoms with Crippen LogP contribution in [0.3, 0.4) is 0 Å². The first kappa shape index (κ1) is 8.56. The minimum absolute atomic E-state index is 0.941. The third kappa shape index (κ3) is 1.54. The Balaban J connectivity index is 2.56. The van der Waals surface area contributed by atoms with Crippen molar-refractivity contribution in [1.29, 1.82) is 0 Å². The fourth-order valence-electron chi connectivity index (χ4n) is 1.29. The highest BCUT2D eigenvalue weighted by Crippen LogP contribution is 2.17. The fourth-order valence-corrected chi connectivity index (χ4v) is 2.02. The van der Waals surface area contributed by atoms with Crippen molar-refractivity contribution in [2.45, 2.75) is 26.7 Å². The number of rotatable bonds is 2. The predicted octanol–water partition coefficient (Wildman–Crippen LogP) is 2.35. The molecular weight excluding hydrogens is 182 g/mol. The van der Waals surface area contributed by atoms with Gasteiger partial charge in [0.05, 0.1) is 11.2 Å². The van der Waals surface area contributed by atoms with E-state index < -0.39 is 0 Å². The minimum Gasteiger partial charge on any atom is -0.241 e. The molecule has 0 aliphatic carbocycles. The quantitative estimate of drug-likeness (QED) is 0.734. The first-order valence-electron chi connectivity index (χ1n) is 4.38. The number of aryl methyl sites for hydroxylation is 2. The number of aromatic nitrogens is 3. The molecule has 3 nitrogen and oxygen atoms in total. The SMILES string of the molecule is CCCc1nc(C)c2ncsc2n1. The molecule has 0 saturated heterocycles. The van der Waals surface area contributed by atoms with E-state index in [-0.39, 0.29) is 0 Å². The van der Waals surface area contributed by atoms with Gasteiger partial charge in [0.15, 0.2) is 0 Å². The van der Waals surface area contributed by atoms with Gasteiger partial charge < -0.3 is 0 Å². The number of fused-ring (bicyclic) bond motifs is 1. The molecule has 0 spiro atoms. The second-order valence-corrected chi connectivity index (χ2v) is 3.81. The third-order valence-corrected chi connectivity index (χ3v) is 2.61. The van der Waals surface area contributed by atoms with E-state index in [1.54, 1.807) is 11.3 Å². The first-order valence-corrected chi connectivity index (χ1v) is 5.26. The summed E-state index contributed by atoms with van der Waals surface area (Å²) in [6.07, 6.45) is 2.04. The Morgan fingerprint density at radius 1 is 1.38 bits per heavy atom. The molecule has 0 atom stereocenters. The van der Waals surface area contributed by atoms with E-state index >= 15 is 0 Å². The van der Waals surface area contributed by atoms with Crippen molar-refractivity contribution < 1.29 is 0 Å². The molecule has 0 unspecified atom stereocenters. The van der Waals surface area contributed by atoms with E-state index in [0.717, 1.165) is 34.7 Å². The van der Waals surface area contributed by atoms with Gasteiger partial charge in [0.2, 0.25) is 0 Å². The lowest BCUT2D eigenvalue weighted by molar-refractivity contribution is 0.837. The van der Waals surface area contributed by atoms with Crippen LogP contribution in [0.15, 0.2) is 5.51 Å². The number of nitrogens with zero attached hydrogens (tertiary/aromatic N) is 3. The van der Waals surface area contributed by atoms with Gasteiger partial charge in [-0.25, -0.2) is 15.0 Å². The van der Waals surface area contributed by atoms with Crippen LogP contribution in [-0.2, 0) is 6.42 Å². The average Bonchev–Trinajstić information content (AvgIpc) is 2.53. The zero-order chi connectivity index (χ0) is 9.26. The molecule has 4 heteroatoms. The molecule has 2 aromatic rings. The van der Waals surface area contributed by atoms with Crippen molar-refractivity contribution in [3.63, 3.8) is 0 Å². The topological polar surface area (TPSA) is 38.7 Å². The smallest absolute Gasteiger partial charge is 0.147 e. The van der Waals surface area contributed by atoms with Crippen LogP contribution >= 0.6 is 11.3 Å². The summed E-state index contributed by atoms with van der Waals surface area (Å²) in [5.74, 6) is 0.941. The standard InChI is InChI=1S/C9H11N3S/c1-3-4-7-11-6(2)8-9(12-7)13-5-10-8/h5H,3-4H2,1-2H3. The van der Waals surface area contributed by atoms with Crippen LogP contribution in [0.2, 0.25) is 0 Å². The van der Waals surface area contributed by atoms with Crippen LogP contribution in [0, 0.1) is 6.92 Å². The first-order chi connectivity index (χ1) is 6.31. The molecule has 13 heavy (non-hydrogen) atoms. The zero-order valence-corrected chi connectivity index (χ0v) is 8.56. The molecule has 68 valence electrons. The monoisotopic (exact) mass is 193 g/mol. The van der Waals surface area contributed by atoms with Crippen LogP contribution in [0.4, 0.5) is 0 Å². The summed E-state index contributed by atoms with van der Waals surface area (Å²) in [4.78, 5) is 14.1. The lowest BCUT2D eigenvalue weighted by atomic mass is 10.3. The molecule has 0 radical (unpaired) electrons. The Morgan fingerprint density at radius 3 is 3.00 bits per heavy atom. The fraction of sp³-hybridized carbons (Fsp3) is 0.444. The lowest BCUT2D eigenvalue weighted by Crippen LogP contribution is -1.96. The molecule has 0 bridgehead atoms. The van der Waals surface area contributed by atoms with Crippen molar-refractivity contribution in [2.75, 3.05) is 0 Å².